The lowest BCUT2D eigenvalue weighted by atomic mass is 10.2. The van der Waals surface area contributed by atoms with Crippen molar-refractivity contribution in [1.82, 2.24) is 9.88 Å². The van der Waals surface area contributed by atoms with Crippen molar-refractivity contribution >= 4 is 27.7 Å². The largest absolute Gasteiger partial charge is 0.474 e. The van der Waals surface area contributed by atoms with Crippen molar-refractivity contribution < 1.29 is 27.4 Å². The van der Waals surface area contributed by atoms with Crippen molar-refractivity contribution in [2.24, 2.45) is 5.14 Å². The summed E-state index contributed by atoms with van der Waals surface area (Å²) in [5.41, 5.74) is -0.579. The topological polar surface area (TPSA) is 121 Å². The van der Waals surface area contributed by atoms with E-state index in [1.165, 1.54) is 0 Å². The van der Waals surface area contributed by atoms with Gasteiger partial charge < -0.3 is 19.1 Å². The van der Waals surface area contributed by atoms with Gasteiger partial charge in [-0.05, 0) is 26.8 Å². The van der Waals surface area contributed by atoms with Crippen molar-refractivity contribution in [3.05, 3.63) is 17.3 Å². The Morgan fingerprint density at radius 2 is 2.19 bits per heavy atom. The summed E-state index contributed by atoms with van der Waals surface area (Å²) in [4.78, 5) is 17.3. The molecule has 1 fully saturated rings. The van der Waals surface area contributed by atoms with Gasteiger partial charge in [-0.2, -0.15) is 0 Å². The van der Waals surface area contributed by atoms with Crippen LogP contribution in [0.2, 0.25) is 5.02 Å². The van der Waals surface area contributed by atoms with Crippen LogP contribution in [0.4, 0.5) is 4.79 Å². The molecule has 1 aliphatic rings. The summed E-state index contributed by atoms with van der Waals surface area (Å²) in [7, 11) is -3.89. The number of nitrogens with two attached hydrogens (primary N) is 1. The Morgan fingerprint density at radius 3 is 2.77 bits per heavy atom. The number of hydrogen-bond acceptors (Lipinski definition) is 7. The number of pyridine rings is 1. The third-order valence-corrected chi connectivity index (χ3v) is 4.46. The normalized spacial score (nSPS) is 18.5. The van der Waals surface area contributed by atoms with Gasteiger partial charge in [0.2, 0.25) is 15.9 Å². The fourth-order valence-electron chi connectivity index (χ4n) is 2.15. The minimum atomic E-state index is -3.89. The molecule has 1 aromatic rings. The Morgan fingerprint density at radius 1 is 1.50 bits per heavy atom. The second-order valence-corrected chi connectivity index (χ2v) is 8.70. The van der Waals surface area contributed by atoms with Crippen LogP contribution in [0.5, 0.6) is 5.88 Å². The zero-order valence-electron chi connectivity index (χ0n) is 14.8. The number of amides is 1. The number of rotatable bonds is 4. The van der Waals surface area contributed by atoms with Crippen LogP contribution in [-0.4, -0.2) is 62.4 Å². The van der Waals surface area contributed by atoms with Crippen LogP contribution in [0.3, 0.4) is 0 Å². The molecule has 9 nitrogen and oxygen atoms in total. The maximum absolute atomic E-state index is 12.1. The van der Waals surface area contributed by atoms with Crippen LogP contribution in [0.25, 0.3) is 0 Å². The van der Waals surface area contributed by atoms with E-state index in [1.54, 1.807) is 25.7 Å². The standard InChI is InChI=1S/C15H22ClN3O6S/c1-15(2,3)25-14(20)19-4-5-23-10(8-19)9-24-13-12(16)6-11(7-18-13)26(17,21)22/h6-7,10H,4-5,8-9H2,1-3H3,(H2,17,21,22). The molecule has 26 heavy (non-hydrogen) atoms. The van der Waals surface area contributed by atoms with Crippen molar-refractivity contribution in [2.75, 3.05) is 26.3 Å². The summed E-state index contributed by atoms with van der Waals surface area (Å²) in [6.45, 7) is 6.54. The third-order valence-electron chi connectivity index (χ3n) is 3.31. The lowest BCUT2D eigenvalue weighted by Gasteiger charge is -2.34. The van der Waals surface area contributed by atoms with Crippen LogP contribution in [-0.2, 0) is 19.5 Å². The molecule has 0 aliphatic carbocycles. The van der Waals surface area contributed by atoms with E-state index in [4.69, 9.17) is 31.0 Å². The second-order valence-electron chi connectivity index (χ2n) is 6.73. The molecule has 2 N–H and O–H groups in total. The second kappa shape index (κ2) is 7.95. The summed E-state index contributed by atoms with van der Waals surface area (Å²) in [5.74, 6) is 0.0528. The summed E-state index contributed by atoms with van der Waals surface area (Å²) in [5, 5.41) is 5.03. The molecule has 2 rings (SSSR count). The van der Waals surface area contributed by atoms with Gasteiger partial charge in [0.1, 0.15) is 28.2 Å². The Bertz CT molecular complexity index is 765. The first-order valence-corrected chi connectivity index (χ1v) is 9.79. The first-order chi connectivity index (χ1) is 12.0. The van der Waals surface area contributed by atoms with E-state index in [0.29, 0.717) is 19.7 Å². The van der Waals surface area contributed by atoms with Gasteiger partial charge in [-0.15, -0.1) is 0 Å². The average Bonchev–Trinajstić information content (AvgIpc) is 2.51. The molecular formula is C15H22ClN3O6S. The smallest absolute Gasteiger partial charge is 0.410 e. The minimum Gasteiger partial charge on any atom is -0.474 e. The highest BCUT2D eigenvalue weighted by Crippen LogP contribution is 2.24. The van der Waals surface area contributed by atoms with Crippen LogP contribution < -0.4 is 9.88 Å². The Balaban J connectivity index is 1.94. The zero-order chi connectivity index (χ0) is 19.5. The number of carbonyl (C=O) groups is 1. The number of morpholine rings is 1. The fourth-order valence-corrected chi connectivity index (χ4v) is 2.92. The summed E-state index contributed by atoms with van der Waals surface area (Å²) >= 11 is 5.97. The highest BCUT2D eigenvalue weighted by atomic mass is 35.5. The van der Waals surface area contributed by atoms with Gasteiger partial charge in [0.15, 0.2) is 0 Å². The Kier molecular flexibility index (Phi) is 6.33. The van der Waals surface area contributed by atoms with Crippen molar-refractivity contribution in [2.45, 2.75) is 37.4 Å². The molecule has 1 atom stereocenters. The molecule has 0 aromatic carbocycles. The molecule has 146 valence electrons. The molecule has 1 aliphatic heterocycles. The molecule has 0 bridgehead atoms. The van der Waals surface area contributed by atoms with E-state index in [0.717, 1.165) is 12.3 Å². The first-order valence-electron chi connectivity index (χ1n) is 7.86. The predicted molar refractivity (Wildman–Crippen MR) is 93.7 cm³/mol. The number of hydrogen-bond donors (Lipinski definition) is 1. The third kappa shape index (κ3) is 5.97. The molecule has 1 aromatic heterocycles. The lowest BCUT2D eigenvalue weighted by molar-refractivity contribution is -0.0561. The van der Waals surface area contributed by atoms with Crippen LogP contribution in [0, 0.1) is 0 Å². The van der Waals surface area contributed by atoms with Gasteiger partial charge in [0, 0.05) is 6.54 Å². The molecule has 2 heterocycles. The summed E-state index contributed by atoms with van der Waals surface area (Å²) in [6.07, 6.45) is 0.247. The van der Waals surface area contributed by atoms with Gasteiger partial charge in [-0.3, -0.25) is 0 Å². The van der Waals surface area contributed by atoms with E-state index in [9.17, 15) is 13.2 Å². The van der Waals surface area contributed by atoms with E-state index in [2.05, 4.69) is 4.98 Å². The molecule has 1 saturated heterocycles. The van der Waals surface area contributed by atoms with E-state index in [-0.39, 0.29) is 22.4 Å². The van der Waals surface area contributed by atoms with E-state index < -0.39 is 27.8 Å². The number of carbonyl (C=O) groups excluding carboxylic acids is 1. The monoisotopic (exact) mass is 407 g/mol. The number of halogens is 1. The maximum atomic E-state index is 12.1. The Hall–Kier alpha value is -1.62. The molecule has 1 unspecified atom stereocenters. The number of aromatic nitrogens is 1. The highest BCUT2D eigenvalue weighted by Gasteiger charge is 2.28. The van der Waals surface area contributed by atoms with Crippen LogP contribution in [0.15, 0.2) is 17.2 Å². The number of sulfonamides is 1. The van der Waals surface area contributed by atoms with Crippen LogP contribution in [0.1, 0.15) is 20.8 Å². The fraction of sp³-hybridized carbons (Fsp3) is 0.600. The molecule has 0 saturated carbocycles. The SMILES string of the molecule is CC(C)(C)OC(=O)N1CCOC(COc2ncc(S(N)(=O)=O)cc2Cl)C1. The Labute approximate surface area is 157 Å². The van der Waals surface area contributed by atoms with Gasteiger partial charge in [0.25, 0.3) is 0 Å². The average molecular weight is 408 g/mol. The lowest BCUT2D eigenvalue weighted by Crippen LogP contribution is -2.49. The van der Waals surface area contributed by atoms with Crippen molar-refractivity contribution in [1.29, 1.82) is 0 Å². The first kappa shape index (κ1) is 20.7. The predicted octanol–water partition coefficient (Wildman–Crippen LogP) is 1.40. The molecular weight excluding hydrogens is 386 g/mol. The van der Waals surface area contributed by atoms with Crippen molar-refractivity contribution in [3.63, 3.8) is 0 Å². The highest BCUT2D eigenvalue weighted by molar-refractivity contribution is 7.89. The quantitative estimate of drug-likeness (QED) is 0.800. The number of nitrogens with zero attached hydrogens (tertiary/aromatic N) is 2. The summed E-state index contributed by atoms with van der Waals surface area (Å²) < 4.78 is 38.9. The molecule has 0 radical (unpaired) electrons. The van der Waals surface area contributed by atoms with Gasteiger partial charge in [-0.25, -0.2) is 23.3 Å². The molecule has 0 spiro atoms. The zero-order valence-corrected chi connectivity index (χ0v) is 16.3. The van der Waals surface area contributed by atoms with Gasteiger partial charge in [0.05, 0.1) is 19.3 Å². The maximum Gasteiger partial charge on any atom is 0.410 e. The van der Waals surface area contributed by atoms with E-state index in [1.807, 2.05) is 0 Å². The number of primary sulfonamides is 1. The van der Waals surface area contributed by atoms with E-state index >= 15 is 0 Å². The van der Waals surface area contributed by atoms with Crippen molar-refractivity contribution in [3.8, 4) is 5.88 Å². The minimum absolute atomic E-state index is 0.0105. The van der Waals surface area contributed by atoms with Gasteiger partial charge in [-0.1, -0.05) is 11.6 Å². The van der Waals surface area contributed by atoms with Crippen LogP contribution >= 0.6 is 11.6 Å². The summed E-state index contributed by atoms with van der Waals surface area (Å²) in [6, 6.07) is 1.16. The molecule has 1 amide bonds. The molecule has 11 heteroatoms. The number of ether oxygens (including phenoxy) is 3. The van der Waals surface area contributed by atoms with Gasteiger partial charge >= 0.3 is 6.09 Å².